The third kappa shape index (κ3) is 6.24. The van der Waals surface area contributed by atoms with Crippen molar-refractivity contribution in [3.8, 4) is 11.5 Å². The molecule has 0 heterocycles. The molecule has 2 aromatic rings. The van der Waals surface area contributed by atoms with Crippen molar-refractivity contribution >= 4 is 11.8 Å². The van der Waals surface area contributed by atoms with Crippen molar-refractivity contribution in [2.45, 2.75) is 40.3 Å². The first-order chi connectivity index (χ1) is 13.8. The van der Waals surface area contributed by atoms with Crippen LogP contribution in [0.1, 0.15) is 30.5 Å². The second kappa shape index (κ2) is 10.5. The lowest BCUT2D eigenvalue weighted by Gasteiger charge is -2.28. The molecule has 0 saturated carbocycles. The van der Waals surface area contributed by atoms with E-state index < -0.39 is 6.04 Å². The number of nitrogens with one attached hydrogen (secondary N) is 1. The molecule has 6 nitrogen and oxygen atoms in total. The number of ether oxygens (including phenoxy) is 2. The van der Waals surface area contributed by atoms with Crippen LogP contribution in [0.4, 0.5) is 0 Å². The number of carbonyl (C=O) groups is 2. The van der Waals surface area contributed by atoms with Crippen molar-refractivity contribution in [1.82, 2.24) is 10.2 Å². The summed E-state index contributed by atoms with van der Waals surface area (Å²) in [5.41, 5.74) is 2.97. The molecule has 0 aliphatic carbocycles. The van der Waals surface area contributed by atoms with Crippen molar-refractivity contribution in [3.63, 3.8) is 0 Å². The Hall–Kier alpha value is -3.02. The van der Waals surface area contributed by atoms with Gasteiger partial charge in [0.05, 0.1) is 7.11 Å². The summed E-state index contributed by atoms with van der Waals surface area (Å²) in [5.74, 6) is 0.907. The number of aryl methyl sites for hydroxylation is 2. The zero-order valence-electron chi connectivity index (χ0n) is 17.8. The molecule has 156 valence electrons. The van der Waals surface area contributed by atoms with Crippen LogP contribution in [-0.4, -0.2) is 43.0 Å². The summed E-state index contributed by atoms with van der Waals surface area (Å²) in [7, 11) is 1.59. The smallest absolute Gasteiger partial charge is 0.261 e. The van der Waals surface area contributed by atoms with Crippen molar-refractivity contribution in [2.24, 2.45) is 0 Å². The van der Waals surface area contributed by atoms with Crippen LogP contribution in [0.3, 0.4) is 0 Å². The Morgan fingerprint density at radius 2 is 1.90 bits per heavy atom. The molecule has 2 aromatic carbocycles. The molecule has 2 amide bonds. The first kappa shape index (κ1) is 22.3. The summed E-state index contributed by atoms with van der Waals surface area (Å²) >= 11 is 0. The van der Waals surface area contributed by atoms with E-state index in [9.17, 15) is 9.59 Å². The van der Waals surface area contributed by atoms with Gasteiger partial charge in [0.25, 0.3) is 5.91 Å². The maximum absolute atomic E-state index is 13.0. The number of benzene rings is 2. The van der Waals surface area contributed by atoms with Gasteiger partial charge in [-0.05, 0) is 57.0 Å². The van der Waals surface area contributed by atoms with Gasteiger partial charge in [-0.1, -0.05) is 29.8 Å². The minimum absolute atomic E-state index is 0.141. The first-order valence-corrected chi connectivity index (χ1v) is 9.75. The number of hydrogen-bond acceptors (Lipinski definition) is 4. The lowest BCUT2D eigenvalue weighted by Crippen LogP contribution is -2.49. The summed E-state index contributed by atoms with van der Waals surface area (Å²) in [6, 6.07) is 12.6. The molecule has 0 fully saturated rings. The van der Waals surface area contributed by atoms with E-state index in [1.807, 2.05) is 63.2 Å². The quantitative estimate of drug-likeness (QED) is 0.704. The molecule has 0 aliphatic rings. The molecule has 0 spiro atoms. The molecule has 2 rings (SSSR count). The van der Waals surface area contributed by atoms with E-state index in [4.69, 9.17) is 9.47 Å². The minimum atomic E-state index is -0.628. The molecule has 1 N–H and O–H groups in total. The molecular formula is C23H30N2O4. The maximum Gasteiger partial charge on any atom is 0.261 e. The number of methoxy groups -OCH3 is 1. The van der Waals surface area contributed by atoms with Crippen molar-refractivity contribution < 1.29 is 19.1 Å². The normalized spacial score (nSPS) is 11.5. The van der Waals surface area contributed by atoms with Crippen LogP contribution in [0.15, 0.2) is 42.5 Å². The molecule has 0 bridgehead atoms. The summed E-state index contributed by atoms with van der Waals surface area (Å²) < 4.78 is 11.0. The predicted molar refractivity (Wildman–Crippen MR) is 113 cm³/mol. The van der Waals surface area contributed by atoms with Gasteiger partial charge in [-0.2, -0.15) is 0 Å². The van der Waals surface area contributed by atoms with Crippen LogP contribution < -0.4 is 14.8 Å². The minimum Gasteiger partial charge on any atom is -0.497 e. The van der Waals surface area contributed by atoms with E-state index in [1.54, 1.807) is 14.0 Å². The highest BCUT2D eigenvalue weighted by Crippen LogP contribution is 2.20. The Morgan fingerprint density at radius 1 is 1.14 bits per heavy atom. The lowest BCUT2D eigenvalue weighted by atomic mass is 10.1. The fraction of sp³-hybridized carbons (Fsp3) is 0.391. The van der Waals surface area contributed by atoms with E-state index in [-0.39, 0.29) is 25.0 Å². The van der Waals surface area contributed by atoms with E-state index in [2.05, 4.69) is 5.32 Å². The second-order valence-electron chi connectivity index (χ2n) is 7.00. The lowest BCUT2D eigenvalue weighted by molar-refractivity contribution is -0.142. The molecule has 0 unspecified atom stereocenters. The average Bonchev–Trinajstić information content (AvgIpc) is 2.71. The van der Waals surface area contributed by atoms with Crippen LogP contribution >= 0.6 is 0 Å². The number of rotatable bonds is 9. The van der Waals surface area contributed by atoms with Gasteiger partial charge in [0, 0.05) is 13.1 Å². The van der Waals surface area contributed by atoms with Gasteiger partial charge in [-0.25, -0.2) is 0 Å². The van der Waals surface area contributed by atoms with Crippen LogP contribution in [0.25, 0.3) is 0 Å². The van der Waals surface area contributed by atoms with E-state index in [0.29, 0.717) is 18.0 Å². The summed E-state index contributed by atoms with van der Waals surface area (Å²) in [4.78, 5) is 26.9. The van der Waals surface area contributed by atoms with Crippen molar-refractivity contribution in [2.75, 3.05) is 20.3 Å². The highest BCUT2D eigenvalue weighted by molar-refractivity contribution is 5.87. The van der Waals surface area contributed by atoms with Crippen LogP contribution in [0, 0.1) is 13.8 Å². The number of carbonyl (C=O) groups excluding carboxylic acids is 2. The Kier molecular flexibility index (Phi) is 8.07. The number of hydrogen-bond donors (Lipinski definition) is 1. The van der Waals surface area contributed by atoms with Gasteiger partial charge in [0.1, 0.15) is 17.5 Å². The summed E-state index contributed by atoms with van der Waals surface area (Å²) in [6.45, 7) is 8.16. The Morgan fingerprint density at radius 3 is 2.55 bits per heavy atom. The van der Waals surface area contributed by atoms with Gasteiger partial charge >= 0.3 is 0 Å². The SMILES string of the molecule is CCNC(=O)[C@H](C)N(Cc1cccc(OC)c1)C(=O)COc1ccc(C)cc1C. The number of nitrogens with zero attached hydrogens (tertiary/aromatic N) is 1. The molecular weight excluding hydrogens is 368 g/mol. The number of amides is 2. The number of likely N-dealkylation sites (N-methyl/N-ethyl adjacent to an activating group) is 1. The average molecular weight is 399 g/mol. The highest BCUT2D eigenvalue weighted by atomic mass is 16.5. The van der Waals surface area contributed by atoms with Crippen LogP contribution in [-0.2, 0) is 16.1 Å². The van der Waals surface area contributed by atoms with E-state index >= 15 is 0 Å². The maximum atomic E-state index is 13.0. The Bertz CT molecular complexity index is 851. The summed E-state index contributed by atoms with van der Waals surface area (Å²) in [6.07, 6.45) is 0. The van der Waals surface area contributed by atoms with Crippen LogP contribution in [0.5, 0.6) is 11.5 Å². The third-order valence-electron chi connectivity index (χ3n) is 4.69. The van der Waals surface area contributed by atoms with E-state index in [0.717, 1.165) is 16.7 Å². The van der Waals surface area contributed by atoms with Gasteiger partial charge < -0.3 is 19.7 Å². The van der Waals surface area contributed by atoms with Gasteiger partial charge in [-0.3, -0.25) is 9.59 Å². The Labute approximate surface area is 172 Å². The Balaban J connectivity index is 2.18. The molecule has 1 atom stereocenters. The molecule has 29 heavy (non-hydrogen) atoms. The van der Waals surface area contributed by atoms with Gasteiger partial charge in [-0.15, -0.1) is 0 Å². The molecule has 0 aromatic heterocycles. The van der Waals surface area contributed by atoms with Gasteiger partial charge in [0.15, 0.2) is 6.61 Å². The predicted octanol–water partition coefficient (Wildman–Crippen LogP) is 3.24. The zero-order chi connectivity index (χ0) is 21.4. The van der Waals surface area contributed by atoms with Crippen molar-refractivity contribution in [1.29, 1.82) is 0 Å². The fourth-order valence-corrected chi connectivity index (χ4v) is 3.06. The topological polar surface area (TPSA) is 67.9 Å². The van der Waals surface area contributed by atoms with Gasteiger partial charge in [0.2, 0.25) is 5.91 Å². The highest BCUT2D eigenvalue weighted by Gasteiger charge is 2.26. The van der Waals surface area contributed by atoms with Crippen LogP contribution in [0.2, 0.25) is 0 Å². The summed E-state index contributed by atoms with van der Waals surface area (Å²) in [5, 5.41) is 2.78. The fourth-order valence-electron chi connectivity index (χ4n) is 3.06. The third-order valence-corrected chi connectivity index (χ3v) is 4.69. The molecule has 0 aliphatic heterocycles. The first-order valence-electron chi connectivity index (χ1n) is 9.75. The standard InChI is InChI=1S/C23H30N2O4/c1-6-24-23(27)18(4)25(14-19-8-7-9-20(13-19)28-5)22(26)15-29-21-11-10-16(2)12-17(21)3/h7-13,18H,6,14-15H2,1-5H3,(H,24,27)/t18-/m0/s1. The molecule has 0 saturated heterocycles. The zero-order valence-corrected chi connectivity index (χ0v) is 17.8. The molecule has 6 heteroatoms. The van der Waals surface area contributed by atoms with Crippen molar-refractivity contribution in [3.05, 3.63) is 59.2 Å². The largest absolute Gasteiger partial charge is 0.497 e. The molecule has 0 radical (unpaired) electrons. The second-order valence-corrected chi connectivity index (χ2v) is 7.00. The monoisotopic (exact) mass is 398 g/mol. The van der Waals surface area contributed by atoms with E-state index in [1.165, 1.54) is 4.90 Å².